The highest BCUT2D eigenvalue weighted by molar-refractivity contribution is 5.78. The van der Waals surface area contributed by atoms with E-state index < -0.39 is 11.7 Å². The van der Waals surface area contributed by atoms with Crippen LogP contribution >= 0.6 is 0 Å². The predicted molar refractivity (Wildman–Crippen MR) is 64.6 cm³/mol. The predicted octanol–water partition coefficient (Wildman–Crippen LogP) is 1.43. The number of carbonyl (C=O) groups excluding carboxylic acids is 2. The highest BCUT2D eigenvalue weighted by Gasteiger charge is 2.31. The van der Waals surface area contributed by atoms with Crippen molar-refractivity contribution in [3.05, 3.63) is 0 Å². The molecule has 0 saturated heterocycles. The molecule has 1 aliphatic carbocycles. The second-order valence-electron chi connectivity index (χ2n) is 5.47. The van der Waals surface area contributed by atoms with Crippen molar-refractivity contribution in [2.45, 2.75) is 51.7 Å². The van der Waals surface area contributed by atoms with Crippen molar-refractivity contribution in [3.63, 3.8) is 0 Å². The van der Waals surface area contributed by atoms with Crippen LogP contribution in [0.25, 0.3) is 0 Å². The first-order valence-corrected chi connectivity index (χ1v) is 6.03. The molecule has 1 fully saturated rings. The first-order valence-electron chi connectivity index (χ1n) is 6.03. The van der Waals surface area contributed by atoms with E-state index in [0.29, 0.717) is 6.42 Å². The van der Waals surface area contributed by atoms with E-state index >= 15 is 0 Å². The first kappa shape index (κ1) is 13.8. The lowest BCUT2D eigenvalue weighted by molar-refractivity contribution is -0.124. The maximum atomic E-state index is 11.5. The Kier molecular flexibility index (Phi) is 4.37. The summed E-state index contributed by atoms with van der Waals surface area (Å²) in [4.78, 5) is 22.9. The number of hydrogen-bond acceptors (Lipinski definition) is 3. The number of rotatable bonds is 2. The van der Waals surface area contributed by atoms with Gasteiger partial charge in [0.25, 0.3) is 0 Å². The quantitative estimate of drug-likeness (QED) is 0.769. The Hall–Kier alpha value is -1.26. The molecule has 0 aromatic heterocycles. The third-order valence-corrected chi connectivity index (χ3v) is 2.77. The SMILES string of the molecule is CNC(=O)[C@@H]1CC[C@@H](NC(=O)OC(C)(C)C)C1. The van der Waals surface area contributed by atoms with Gasteiger partial charge in [0.05, 0.1) is 0 Å². The fraction of sp³-hybridized carbons (Fsp3) is 0.833. The van der Waals surface area contributed by atoms with Crippen LogP contribution in [-0.4, -0.2) is 30.7 Å². The minimum atomic E-state index is -0.483. The van der Waals surface area contributed by atoms with Gasteiger partial charge in [-0.3, -0.25) is 4.79 Å². The zero-order valence-electron chi connectivity index (χ0n) is 11.0. The molecular formula is C12H22N2O3. The van der Waals surface area contributed by atoms with Gasteiger partial charge < -0.3 is 15.4 Å². The lowest BCUT2D eigenvalue weighted by Gasteiger charge is -2.21. The molecule has 0 bridgehead atoms. The van der Waals surface area contributed by atoms with Gasteiger partial charge in [0.15, 0.2) is 0 Å². The third kappa shape index (κ3) is 4.63. The van der Waals surface area contributed by atoms with Crippen molar-refractivity contribution >= 4 is 12.0 Å². The van der Waals surface area contributed by atoms with Crippen molar-refractivity contribution in [1.82, 2.24) is 10.6 Å². The first-order chi connectivity index (χ1) is 7.81. The average molecular weight is 242 g/mol. The lowest BCUT2D eigenvalue weighted by Crippen LogP contribution is -2.38. The molecule has 0 aromatic rings. The fourth-order valence-corrected chi connectivity index (χ4v) is 2.03. The number of carbonyl (C=O) groups is 2. The third-order valence-electron chi connectivity index (χ3n) is 2.77. The molecule has 0 aliphatic heterocycles. The molecule has 1 rings (SSSR count). The van der Waals surface area contributed by atoms with Crippen LogP contribution in [0.2, 0.25) is 0 Å². The molecule has 2 N–H and O–H groups in total. The highest BCUT2D eigenvalue weighted by atomic mass is 16.6. The van der Waals surface area contributed by atoms with Crippen LogP contribution in [0.3, 0.4) is 0 Å². The molecule has 1 aliphatic rings. The number of hydrogen-bond donors (Lipinski definition) is 2. The molecule has 5 heteroatoms. The van der Waals surface area contributed by atoms with E-state index in [1.165, 1.54) is 0 Å². The Balaban J connectivity index is 2.35. The topological polar surface area (TPSA) is 67.4 Å². The molecule has 5 nitrogen and oxygen atoms in total. The minimum Gasteiger partial charge on any atom is -0.444 e. The summed E-state index contributed by atoms with van der Waals surface area (Å²) in [5.74, 6) is 0.0680. The van der Waals surface area contributed by atoms with Crippen LogP contribution in [0.15, 0.2) is 0 Å². The van der Waals surface area contributed by atoms with Gasteiger partial charge in [-0.05, 0) is 40.0 Å². The average Bonchev–Trinajstić information content (AvgIpc) is 2.62. The van der Waals surface area contributed by atoms with E-state index in [1.54, 1.807) is 7.05 Å². The van der Waals surface area contributed by atoms with Crippen LogP contribution in [0.4, 0.5) is 4.79 Å². The van der Waals surface area contributed by atoms with Gasteiger partial charge in [0, 0.05) is 19.0 Å². The maximum Gasteiger partial charge on any atom is 0.407 e. The van der Waals surface area contributed by atoms with Crippen molar-refractivity contribution < 1.29 is 14.3 Å². The molecular weight excluding hydrogens is 220 g/mol. The van der Waals surface area contributed by atoms with E-state index in [9.17, 15) is 9.59 Å². The summed E-state index contributed by atoms with van der Waals surface area (Å²) in [6.07, 6.45) is 1.94. The summed E-state index contributed by atoms with van der Waals surface area (Å²) in [6, 6.07) is 0.0483. The molecule has 98 valence electrons. The minimum absolute atomic E-state index is 0.0138. The van der Waals surface area contributed by atoms with Gasteiger partial charge in [-0.15, -0.1) is 0 Å². The normalized spacial score (nSPS) is 24.2. The largest absolute Gasteiger partial charge is 0.444 e. The summed E-state index contributed by atoms with van der Waals surface area (Å²) in [5, 5.41) is 5.44. The Bertz CT molecular complexity index is 297. The Morgan fingerprint density at radius 1 is 1.24 bits per heavy atom. The standard InChI is InChI=1S/C12H22N2O3/c1-12(2,3)17-11(16)14-9-6-5-8(7-9)10(15)13-4/h8-9H,5-7H2,1-4H3,(H,13,15)(H,14,16)/t8-,9-/m1/s1. The van der Waals surface area contributed by atoms with E-state index in [0.717, 1.165) is 12.8 Å². The van der Waals surface area contributed by atoms with Crippen molar-refractivity contribution in [3.8, 4) is 0 Å². The van der Waals surface area contributed by atoms with Gasteiger partial charge in [0.2, 0.25) is 5.91 Å². The Morgan fingerprint density at radius 2 is 1.88 bits per heavy atom. The number of nitrogens with one attached hydrogen (secondary N) is 2. The molecule has 2 atom stereocenters. The second kappa shape index (κ2) is 5.38. The van der Waals surface area contributed by atoms with Gasteiger partial charge in [-0.25, -0.2) is 4.79 Å². The summed E-state index contributed by atoms with van der Waals surface area (Å²) in [5.41, 5.74) is -0.483. The number of amides is 2. The van der Waals surface area contributed by atoms with Crippen molar-refractivity contribution in [1.29, 1.82) is 0 Å². The number of ether oxygens (including phenoxy) is 1. The second-order valence-corrected chi connectivity index (χ2v) is 5.47. The molecule has 1 saturated carbocycles. The Morgan fingerprint density at radius 3 is 2.41 bits per heavy atom. The van der Waals surface area contributed by atoms with Crippen molar-refractivity contribution in [2.24, 2.45) is 5.92 Å². The van der Waals surface area contributed by atoms with Crippen LogP contribution < -0.4 is 10.6 Å². The Labute approximate surface area is 102 Å². The van der Waals surface area contributed by atoms with Gasteiger partial charge in [-0.2, -0.15) is 0 Å². The lowest BCUT2D eigenvalue weighted by atomic mass is 10.1. The van der Waals surface area contributed by atoms with E-state index in [-0.39, 0.29) is 17.9 Å². The smallest absolute Gasteiger partial charge is 0.407 e. The van der Waals surface area contributed by atoms with Crippen LogP contribution in [-0.2, 0) is 9.53 Å². The van der Waals surface area contributed by atoms with Crippen LogP contribution in [0.5, 0.6) is 0 Å². The number of alkyl carbamates (subject to hydrolysis) is 1. The van der Waals surface area contributed by atoms with E-state index in [4.69, 9.17) is 4.74 Å². The monoisotopic (exact) mass is 242 g/mol. The summed E-state index contributed by atoms with van der Waals surface area (Å²) in [6.45, 7) is 5.48. The zero-order chi connectivity index (χ0) is 13.1. The fourth-order valence-electron chi connectivity index (χ4n) is 2.03. The zero-order valence-corrected chi connectivity index (χ0v) is 11.0. The van der Waals surface area contributed by atoms with Gasteiger partial charge in [-0.1, -0.05) is 0 Å². The summed E-state index contributed by atoms with van der Waals surface area (Å²) in [7, 11) is 1.64. The van der Waals surface area contributed by atoms with E-state index in [2.05, 4.69) is 10.6 Å². The molecule has 0 heterocycles. The van der Waals surface area contributed by atoms with E-state index in [1.807, 2.05) is 20.8 Å². The molecule has 0 aromatic carbocycles. The molecule has 0 spiro atoms. The summed E-state index contributed by atoms with van der Waals surface area (Å²) >= 11 is 0. The summed E-state index contributed by atoms with van der Waals surface area (Å²) < 4.78 is 5.17. The molecule has 0 unspecified atom stereocenters. The van der Waals surface area contributed by atoms with Gasteiger partial charge in [0.1, 0.15) is 5.60 Å². The van der Waals surface area contributed by atoms with Crippen LogP contribution in [0.1, 0.15) is 40.0 Å². The van der Waals surface area contributed by atoms with Crippen molar-refractivity contribution in [2.75, 3.05) is 7.05 Å². The molecule has 17 heavy (non-hydrogen) atoms. The highest BCUT2D eigenvalue weighted by Crippen LogP contribution is 2.25. The molecule has 0 radical (unpaired) electrons. The molecule has 2 amide bonds. The van der Waals surface area contributed by atoms with Gasteiger partial charge >= 0.3 is 6.09 Å². The van der Waals surface area contributed by atoms with Crippen LogP contribution in [0, 0.1) is 5.92 Å². The maximum absolute atomic E-state index is 11.5.